The second-order valence-electron chi connectivity index (χ2n) is 8.97. The van der Waals surface area contributed by atoms with Gasteiger partial charge in [0.25, 0.3) is 0 Å². The smallest absolute Gasteiger partial charge is 0.226 e. The summed E-state index contributed by atoms with van der Waals surface area (Å²) in [7, 11) is 1.63. The number of halogens is 2. The minimum atomic E-state index is -0.375. The molecule has 164 valence electrons. The molecule has 1 atom stereocenters. The number of hydrogen-bond donors (Lipinski definition) is 1. The van der Waals surface area contributed by atoms with E-state index >= 15 is 0 Å². The highest BCUT2D eigenvalue weighted by Crippen LogP contribution is 2.46. The number of benzene rings is 2. The van der Waals surface area contributed by atoms with Crippen molar-refractivity contribution in [3.05, 3.63) is 69.3 Å². The third-order valence-corrected chi connectivity index (χ3v) is 6.68. The van der Waals surface area contributed by atoms with Crippen molar-refractivity contribution in [3.63, 3.8) is 0 Å². The molecule has 0 radical (unpaired) electrons. The highest BCUT2D eigenvalue weighted by atomic mass is 35.5. The molecular formula is C24H22Cl2N4O2. The van der Waals surface area contributed by atoms with Crippen LogP contribution in [0, 0.1) is 5.41 Å². The van der Waals surface area contributed by atoms with Gasteiger partial charge in [-0.1, -0.05) is 49.2 Å². The summed E-state index contributed by atoms with van der Waals surface area (Å²) in [6.07, 6.45) is 1.25. The van der Waals surface area contributed by atoms with Crippen molar-refractivity contribution in [2.24, 2.45) is 5.41 Å². The van der Waals surface area contributed by atoms with E-state index in [0.29, 0.717) is 28.2 Å². The van der Waals surface area contributed by atoms with Gasteiger partial charge in [0, 0.05) is 23.3 Å². The number of ketones is 1. The summed E-state index contributed by atoms with van der Waals surface area (Å²) in [6, 6.07) is 12.7. The first-order valence-corrected chi connectivity index (χ1v) is 11.1. The van der Waals surface area contributed by atoms with E-state index in [-0.39, 0.29) is 17.2 Å². The van der Waals surface area contributed by atoms with Gasteiger partial charge in [-0.05, 0) is 47.7 Å². The number of aromatic nitrogens is 3. The number of nitrogens with one attached hydrogen (secondary N) is 1. The lowest BCUT2D eigenvalue weighted by Crippen LogP contribution is -2.36. The number of allylic oxidation sites excluding steroid dienone is 2. The van der Waals surface area contributed by atoms with Crippen molar-refractivity contribution in [2.45, 2.75) is 32.7 Å². The number of rotatable bonds is 3. The van der Waals surface area contributed by atoms with Gasteiger partial charge in [-0.25, -0.2) is 4.68 Å². The highest BCUT2D eigenvalue weighted by molar-refractivity contribution is 6.42. The summed E-state index contributed by atoms with van der Waals surface area (Å²) in [5.74, 6) is 1.98. The summed E-state index contributed by atoms with van der Waals surface area (Å²) >= 11 is 12.3. The number of hydrogen-bond acceptors (Lipinski definition) is 5. The SMILES string of the molecule is COc1ccc(C2C3=C(CC(C)(C)CC3=O)Nc3nc(-c4ccc(Cl)c(Cl)c4)nn32)cc1. The van der Waals surface area contributed by atoms with E-state index < -0.39 is 0 Å². The van der Waals surface area contributed by atoms with Crippen LogP contribution in [0.2, 0.25) is 10.0 Å². The van der Waals surface area contributed by atoms with Crippen molar-refractivity contribution in [3.8, 4) is 17.1 Å². The third kappa shape index (κ3) is 3.57. The zero-order valence-electron chi connectivity index (χ0n) is 17.9. The van der Waals surface area contributed by atoms with E-state index in [0.717, 1.165) is 34.6 Å². The average molecular weight is 469 g/mol. The first-order chi connectivity index (χ1) is 15.3. The number of Topliss-reactive ketones (excluding diaryl/α,β-unsaturated/α-hetero) is 1. The van der Waals surface area contributed by atoms with Gasteiger partial charge < -0.3 is 10.1 Å². The van der Waals surface area contributed by atoms with Crippen molar-refractivity contribution in [1.29, 1.82) is 0 Å². The van der Waals surface area contributed by atoms with Crippen LogP contribution in [0.15, 0.2) is 53.7 Å². The van der Waals surface area contributed by atoms with Crippen LogP contribution in [-0.2, 0) is 4.79 Å². The van der Waals surface area contributed by atoms with Crippen molar-refractivity contribution >= 4 is 34.9 Å². The molecule has 32 heavy (non-hydrogen) atoms. The molecule has 8 heteroatoms. The van der Waals surface area contributed by atoms with Crippen LogP contribution in [0.4, 0.5) is 5.95 Å². The maximum atomic E-state index is 13.3. The van der Waals surface area contributed by atoms with Gasteiger partial charge in [0.15, 0.2) is 11.6 Å². The molecule has 0 spiro atoms. The highest BCUT2D eigenvalue weighted by Gasteiger charge is 2.41. The van der Waals surface area contributed by atoms with Crippen LogP contribution in [0.3, 0.4) is 0 Å². The zero-order valence-corrected chi connectivity index (χ0v) is 19.5. The molecular weight excluding hydrogens is 447 g/mol. The topological polar surface area (TPSA) is 69.0 Å². The normalized spacial score (nSPS) is 19.3. The molecule has 0 saturated heterocycles. The molecule has 2 aliphatic rings. The van der Waals surface area contributed by atoms with Crippen LogP contribution in [-0.4, -0.2) is 27.7 Å². The van der Waals surface area contributed by atoms with Crippen LogP contribution in [0.25, 0.3) is 11.4 Å². The quantitative estimate of drug-likeness (QED) is 0.516. The summed E-state index contributed by atoms with van der Waals surface area (Å²) < 4.78 is 7.10. The molecule has 5 rings (SSSR count). The number of anilines is 1. The standard InChI is InChI=1S/C24H22Cl2N4O2/c1-24(2)11-18-20(19(31)12-24)21(13-4-7-15(32-3)8-5-13)30-23(27-18)28-22(29-30)14-6-9-16(25)17(26)10-14/h4-10,21H,11-12H2,1-3H3,(H,27,28,29). The Kier molecular flexibility index (Phi) is 5.02. The Bertz CT molecular complexity index is 1260. The van der Waals surface area contributed by atoms with Gasteiger partial charge in [-0.2, -0.15) is 4.98 Å². The Balaban J connectivity index is 1.66. The second kappa shape index (κ2) is 7.64. The van der Waals surface area contributed by atoms with E-state index in [2.05, 4.69) is 19.2 Å². The number of ether oxygens (including phenoxy) is 1. The molecule has 0 fully saturated rings. The minimum absolute atomic E-state index is 0.123. The first-order valence-electron chi connectivity index (χ1n) is 10.3. The molecule has 0 saturated carbocycles. The molecule has 2 heterocycles. The lowest BCUT2D eigenvalue weighted by atomic mass is 9.73. The number of carbonyl (C=O) groups is 1. The summed E-state index contributed by atoms with van der Waals surface area (Å²) in [5, 5.41) is 9.07. The van der Waals surface area contributed by atoms with Gasteiger partial charge in [0.2, 0.25) is 5.95 Å². The van der Waals surface area contributed by atoms with E-state index in [1.165, 1.54) is 0 Å². The predicted molar refractivity (Wildman–Crippen MR) is 125 cm³/mol. The lowest BCUT2D eigenvalue weighted by Gasteiger charge is -2.38. The fraction of sp³-hybridized carbons (Fsp3) is 0.292. The Morgan fingerprint density at radius 3 is 2.53 bits per heavy atom. The fourth-order valence-corrected chi connectivity index (χ4v) is 4.76. The number of nitrogens with zero attached hydrogens (tertiary/aromatic N) is 3. The van der Waals surface area contributed by atoms with Gasteiger partial charge >= 0.3 is 0 Å². The Labute approximate surface area is 196 Å². The first kappa shape index (κ1) is 21.0. The van der Waals surface area contributed by atoms with Gasteiger partial charge in [-0.15, -0.1) is 5.10 Å². The predicted octanol–water partition coefficient (Wildman–Crippen LogP) is 5.92. The fourth-order valence-electron chi connectivity index (χ4n) is 4.46. The Hall–Kier alpha value is -2.83. The van der Waals surface area contributed by atoms with E-state index in [1.54, 1.807) is 23.9 Å². The summed E-state index contributed by atoms with van der Waals surface area (Å²) in [5.41, 5.74) is 3.23. The maximum Gasteiger partial charge on any atom is 0.226 e. The van der Waals surface area contributed by atoms with Crippen molar-refractivity contribution in [1.82, 2.24) is 14.8 Å². The lowest BCUT2D eigenvalue weighted by molar-refractivity contribution is -0.118. The second-order valence-corrected chi connectivity index (χ2v) is 9.78. The molecule has 2 aromatic carbocycles. The van der Waals surface area contributed by atoms with Gasteiger partial charge in [0.05, 0.1) is 17.2 Å². The molecule has 1 unspecified atom stereocenters. The van der Waals surface area contributed by atoms with Crippen LogP contribution < -0.4 is 10.1 Å². The molecule has 0 bridgehead atoms. The number of methoxy groups -OCH3 is 1. The zero-order chi connectivity index (χ0) is 22.6. The van der Waals surface area contributed by atoms with E-state index in [4.69, 9.17) is 38.0 Å². The van der Waals surface area contributed by atoms with Gasteiger partial charge in [-0.3, -0.25) is 4.79 Å². The Morgan fingerprint density at radius 1 is 1.09 bits per heavy atom. The van der Waals surface area contributed by atoms with Crippen molar-refractivity contribution in [2.75, 3.05) is 12.4 Å². The Morgan fingerprint density at radius 2 is 1.84 bits per heavy atom. The molecule has 3 aromatic rings. The van der Waals surface area contributed by atoms with E-state index in [9.17, 15) is 4.79 Å². The minimum Gasteiger partial charge on any atom is -0.497 e. The van der Waals surface area contributed by atoms with Gasteiger partial charge in [0.1, 0.15) is 11.8 Å². The summed E-state index contributed by atoms with van der Waals surface area (Å²) in [6.45, 7) is 4.22. The third-order valence-electron chi connectivity index (χ3n) is 5.94. The average Bonchev–Trinajstić information content (AvgIpc) is 3.17. The molecule has 1 N–H and O–H groups in total. The summed E-state index contributed by atoms with van der Waals surface area (Å²) in [4.78, 5) is 18.0. The molecule has 0 amide bonds. The number of fused-ring (bicyclic) bond motifs is 1. The van der Waals surface area contributed by atoms with Crippen LogP contribution in [0.1, 0.15) is 38.3 Å². The molecule has 1 aliphatic carbocycles. The molecule has 6 nitrogen and oxygen atoms in total. The van der Waals surface area contributed by atoms with Crippen LogP contribution in [0.5, 0.6) is 5.75 Å². The van der Waals surface area contributed by atoms with E-state index in [1.807, 2.05) is 30.3 Å². The molecule has 1 aliphatic heterocycles. The monoisotopic (exact) mass is 468 g/mol. The van der Waals surface area contributed by atoms with Crippen molar-refractivity contribution < 1.29 is 9.53 Å². The maximum absolute atomic E-state index is 13.3. The molecule has 1 aromatic heterocycles. The number of carbonyl (C=O) groups excluding carboxylic acids is 1. The van der Waals surface area contributed by atoms with Crippen LogP contribution >= 0.6 is 23.2 Å². The largest absolute Gasteiger partial charge is 0.497 e.